The van der Waals surface area contributed by atoms with Gasteiger partial charge in [-0.15, -0.1) is 11.6 Å². The van der Waals surface area contributed by atoms with Gasteiger partial charge in [-0.05, 0) is 24.8 Å². The van der Waals surface area contributed by atoms with Crippen molar-refractivity contribution in [2.75, 3.05) is 19.3 Å². The molecule has 0 aliphatic heterocycles. The molecule has 0 N–H and O–H groups in total. The summed E-state index contributed by atoms with van der Waals surface area (Å²) in [7, 11) is 0. The van der Waals surface area contributed by atoms with Gasteiger partial charge in [-0.2, -0.15) is 0 Å². The zero-order valence-electron chi connectivity index (χ0n) is 9.49. The van der Waals surface area contributed by atoms with Gasteiger partial charge < -0.3 is 9.47 Å². The zero-order chi connectivity index (χ0) is 11.9. The summed E-state index contributed by atoms with van der Waals surface area (Å²) < 4.78 is 10.8. The average molecular weight is 252 g/mol. The lowest BCUT2D eigenvalue weighted by atomic mass is 10.3. The highest BCUT2D eigenvalue weighted by molar-refractivity contribution is 6.19. The predicted molar refractivity (Wildman–Crippen MR) is 66.0 cm³/mol. The third-order valence-electron chi connectivity index (χ3n) is 2.37. The van der Waals surface area contributed by atoms with Crippen LogP contribution in [0, 0.1) is 17.8 Å². The molecule has 1 fully saturated rings. The Bertz CT molecular complexity index is 421. The molecular weight excluding hydrogens is 238 g/mol. The van der Waals surface area contributed by atoms with Gasteiger partial charge in [0.1, 0.15) is 5.75 Å². The van der Waals surface area contributed by atoms with Crippen molar-refractivity contribution in [3.05, 3.63) is 24.0 Å². The van der Waals surface area contributed by atoms with E-state index >= 15 is 0 Å². The second-order valence-corrected chi connectivity index (χ2v) is 4.19. The number of rotatable bonds is 5. The Kier molecular flexibility index (Phi) is 4.66. The van der Waals surface area contributed by atoms with Crippen molar-refractivity contribution in [3.63, 3.8) is 0 Å². The van der Waals surface area contributed by atoms with Gasteiger partial charge in [0.15, 0.2) is 6.79 Å². The second-order valence-electron chi connectivity index (χ2n) is 3.92. The first-order valence-corrected chi connectivity index (χ1v) is 6.12. The SMILES string of the molecule is ClCC#Cc1cncc(OCOCC2CC2)c1. The van der Waals surface area contributed by atoms with Crippen LogP contribution in [0.15, 0.2) is 18.5 Å². The summed E-state index contributed by atoms with van der Waals surface area (Å²) in [5, 5.41) is 0. The highest BCUT2D eigenvalue weighted by Gasteiger charge is 2.21. The number of ether oxygens (including phenoxy) is 2. The minimum Gasteiger partial charge on any atom is -0.466 e. The third kappa shape index (κ3) is 4.64. The maximum Gasteiger partial charge on any atom is 0.189 e. The number of hydrogen-bond donors (Lipinski definition) is 0. The Labute approximate surface area is 106 Å². The van der Waals surface area contributed by atoms with Gasteiger partial charge in [0.05, 0.1) is 18.7 Å². The number of nitrogens with zero attached hydrogens (tertiary/aromatic N) is 1. The molecule has 1 aliphatic rings. The molecule has 90 valence electrons. The fourth-order valence-corrected chi connectivity index (χ4v) is 1.38. The summed E-state index contributed by atoms with van der Waals surface area (Å²) in [6.45, 7) is 1.06. The van der Waals surface area contributed by atoms with Gasteiger partial charge in [-0.3, -0.25) is 4.98 Å². The molecule has 1 aromatic rings. The summed E-state index contributed by atoms with van der Waals surface area (Å²) in [5.74, 6) is 7.39. The van der Waals surface area contributed by atoms with Gasteiger partial charge in [-0.1, -0.05) is 11.8 Å². The lowest BCUT2D eigenvalue weighted by Crippen LogP contribution is -2.05. The van der Waals surface area contributed by atoms with E-state index in [0.717, 1.165) is 18.1 Å². The topological polar surface area (TPSA) is 31.4 Å². The van der Waals surface area contributed by atoms with Gasteiger partial charge in [0.2, 0.25) is 0 Å². The van der Waals surface area contributed by atoms with E-state index in [-0.39, 0.29) is 6.79 Å². The smallest absolute Gasteiger partial charge is 0.189 e. The van der Waals surface area contributed by atoms with Crippen LogP contribution in [-0.2, 0) is 4.74 Å². The molecule has 1 heterocycles. The Hall–Kier alpha value is -1.24. The number of alkyl halides is 1. The predicted octanol–water partition coefficient (Wildman–Crippen LogP) is 2.43. The lowest BCUT2D eigenvalue weighted by molar-refractivity contribution is 0.00978. The van der Waals surface area contributed by atoms with E-state index in [2.05, 4.69) is 16.8 Å². The van der Waals surface area contributed by atoms with E-state index in [4.69, 9.17) is 21.1 Å². The van der Waals surface area contributed by atoms with Gasteiger partial charge in [0.25, 0.3) is 0 Å². The van der Waals surface area contributed by atoms with E-state index in [1.807, 2.05) is 6.07 Å². The van der Waals surface area contributed by atoms with Crippen LogP contribution in [-0.4, -0.2) is 24.3 Å². The largest absolute Gasteiger partial charge is 0.466 e. The molecule has 0 saturated heterocycles. The molecule has 0 unspecified atom stereocenters. The molecule has 1 saturated carbocycles. The van der Waals surface area contributed by atoms with Crippen molar-refractivity contribution >= 4 is 11.6 Å². The quantitative estimate of drug-likeness (QED) is 0.349. The Morgan fingerprint density at radius 3 is 3.06 bits per heavy atom. The molecule has 17 heavy (non-hydrogen) atoms. The highest BCUT2D eigenvalue weighted by atomic mass is 35.5. The molecule has 1 aromatic heterocycles. The number of pyridine rings is 1. The standard InChI is InChI=1S/C13H14ClNO2/c14-5-1-2-12-6-13(8-15-7-12)17-10-16-9-11-3-4-11/h6-8,11H,3-5,9-10H2. The number of aromatic nitrogens is 1. The average Bonchev–Trinajstić information content (AvgIpc) is 3.17. The van der Waals surface area contributed by atoms with Crippen molar-refractivity contribution in [1.82, 2.24) is 4.98 Å². The van der Waals surface area contributed by atoms with E-state index in [9.17, 15) is 0 Å². The number of halogens is 1. The first kappa shape index (κ1) is 12.2. The molecule has 2 rings (SSSR count). The Morgan fingerprint density at radius 1 is 1.41 bits per heavy atom. The van der Waals surface area contributed by atoms with Gasteiger partial charge >= 0.3 is 0 Å². The maximum atomic E-state index is 5.48. The molecule has 0 spiro atoms. The first-order valence-electron chi connectivity index (χ1n) is 5.59. The molecule has 0 radical (unpaired) electrons. The lowest BCUT2D eigenvalue weighted by Gasteiger charge is -2.06. The molecule has 0 aromatic carbocycles. The van der Waals surface area contributed by atoms with Crippen molar-refractivity contribution in [1.29, 1.82) is 0 Å². The molecule has 0 amide bonds. The van der Waals surface area contributed by atoms with Crippen LogP contribution in [0.3, 0.4) is 0 Å². The van der Waals surface area contributed by atoms with E-state index in [1.54, 1.807) is 12.4 Å². The van der Waals surface area contributed by atoms with E-state index < -0.39 is 0 Å². The summed E-state index contributed by atoms with van der Waals surface area (Å²) in [6.07, 6.45) is 5.89. The van der Waals surface area contributed by atoms with Crippen molar-refractivity contribution in [3.8, 4) is 17.6 Å². The van der Waals surface area contributed by atoms with Crippen LogP contribution in [0.25, 0.3) is 0 Å². The summed E-state index contributed by atoms with van der Waals surface area (Å²) in [5.41, 5.74) is 0.797. The van der Waals surface area contributed by atoms with Crippen LogP contribution >= 0.6 is 11.6 Å². The van der Waals surface area contributed by atoms with Crippen LogP contribution in [0.4, 0.5) is 0 Å². The summed E-state index contributed by atoms with van der Waals surface area (Å²) >= 11 is 5.48. The normalized spacial score (nSPS) is 13.9. The van der Waals surface area contributed by atoms with Gasteiger partial charge in [0, 0.05) is 11.8 Å². The highest BCUT2D eigenvalue weighted by Crippen LogP contribution is 2.28. The summed E-state index contributed by atoms with van der Waals surface area (Å²) in [6, 6.07) is 1.83. The van der Waals surface area contributed by atoms with Crippen LogP contribution in [0.2, 0.25) is 0 Å². The molecule has 0 atom stereocenters. The van der Waals surface area contributed by atoms with E-state index in [0.29, 0.717) is 11.6 Å². The van der Waals surface area contributed by atoms with Crippen LogP contribution < -0.4 is 4.74 Å². The minimum atomic E-state index is 0.268. The molecule has 0 bridgehead atoms. The fourth-order valence-electron chi connectivity index (χ4n) is 1.31. The Morgan fingerprint density at radius 2 is 2.29 bits per heavy atom. The molecule has 4 heteroatoms. The minimum absolute atomic E-state index is 0.268. The third-order valence-corrected chi connectivity index (χ3v) is 2.51. The van der Waals surface area contributed by atoms with Crippen LogP contribution in [0.1, 0.15) is 18.4 Å². The molecular formula is C13H14ClNO2. The first-order chi connectivity index (χ1) is 8.38. The van der Waals surface area contributed by atoms with Crippen molar-refractivity contribution in [2.45, 2.75) is 12.8 Å². The maximum absolute atomic E-state index is 5.48. The van der Waals surface area contributed by atoms with Crippen LogP contribution in [0.5, 0.6) is 5.75 Å². The molecule has 3 nitrogen and oxygen atoms in total. The molecule has 1 aliphatic carbocycles. The van der Waals surface area contributed by atoms with Gasteiger partial charge in [-0.25, -0.2) is 0 Å². The monoisotopic (exact) mass is 251 g/mol. The van der Waals surface area contributed by atoms with E-state index in [1.165, 1.54) is 12.8 Å². The van der Waals surface area contributed by atoms with Crippen molar-refractivity contribution < 1.29 is 9.47 Å². The fraction of sp³-hybridized carbons (Fsp3) is 0.462. The Balaban J connectivity index is 1.78. The second kappa shape index (κ2) is 6.48. The zero-order valence-corrected chi connectivity index (χ0v) is 10.2. The van der Waals surface area contributed by atoms with Crippen molar-refractivity contribution in [2.24, 2.45) is 5.92 Å². The summed E-state index contributed by atoms with van der Waals surface area (Å²) in [4.78, 5) is 4.04. The number of hydrogen-bond acceptors (Lipinski definition) is 3.